The smallest absolute Gasteiger partial charge is 0.268 e. The molecule has 1 fully saturated rings. The number of nitrogens with two attached hydrogens (primary N) is 1. The molecule has 1 aromatic carbocycles. The second-order valence-electron chi connectivity index (χ2n) is 7.03. The zero-order valence-corrected chi connectivity index (χ0v) is 15.4. The third-order valence-corrected chi connectivity index (χ3v) is 5.30. The Bertz CT molecular complexity index is 875. The van der Waals surface area contributed by atoms with Crippen molar-refractivity contribution in [1.29, 1.82) is 0 Å². The molecule has 144 valence electrons. The lowest BCUT2D eigenvalue weighted by Crippen LogP contribution is -2.41. The number of nitrogens with zero attached hydrogens (tertiary/aromatic N) is 5. The van der Waals surface area contributed by atoms with Gasteiger partial charge in [0.05, 0.1) is 18.4 Å². The van der Waals surface area contributed by atoms with Gasteiger partial charge in [-0.25, -0.2) is 15.0 Å². The van der Waals surface area contributed by atoms with E-state index < -0.39 is 5.91 Å². The van der Waals surface area contributed by atoms with Gasteiger partial charge in [-0.15, -0.1) is 0 Å². The van der Waals surface area contributed by atoms with Crippen molar-refractivity contribution in [3.63, 3.8) is 0 Å². The number of rotatable bonds is 4. The molecule has 0 saturated carbocycles. The summed E-state index contributed by atoms with van der Waals surface area (Å²) in [6, 6.07) is 10.0. The second kappa shape index (κ2) is 7.75. The van der Waals surface area contributed by atoms with Gasteiger partial charge in [0.25, 0.3) is 5.91 Å². The van der Waals surface area contributed by atoms with E-state index in [0.717, 1.165) is 24.8 Å². The highest BCUT2D eigenvalue weighted by atomic mass is 16.2. The van der Waals surface area contributed by atoms with Gasteiger partial charge in [-0.3, -0.25) is 9.59 Å². The highest BCUT2D eigenvalue weighted by molar-refractivity contribution is 5.90. The van der Waals surface area contributed by atoms with Crippen LogP contribution in [0.15, 0.2) is 47.8 Å². The number of primary amides is 1. The molecule has 0 spiro atoms. The lowest BCUT2D eigenvalue weighted by Gasteiger charge is -2.34. The van der Waals surface area contributed by atoms with Crippen LogP contribution < -0.4 is 10.6 Å². The fraction of sp³-hybridized carbons (Fsp3) is 0.350. The molecule has 4 rings (SSSR count). The average molecular weight is 378 g/mol. The molecule has 8 nitrogen and oxygen atoms in total. The monoisotopic (exact) mass is 378 g/mol. The summed E-state index contributed by atoms with van der Waals surface area (Å²) in [7, 11) is 0. The van der Waals surface area contributed by atoms with Crippen molar-refractivity contribution >= 4 is 23.8 Å². The van der Waals surface area contributed by atoms with Crippen LogP contribution in [0.1, 0.15) is 41.4 Å². The molecule has 1 aromatic heterocycles. The lowest BCUT2D eigenvalue weighted by molar-refractivity contribution is -0.138. The molecule has 2 N–H and O–H groups in total. The first-order valence-electron chi connectivity index (χ1n) is 9.40. The van der Waals surface area contributed by atoms with E-state index in [-0.39, 0.29) is 23.6 Å². The summed E-state index contributed by atoms with van der Waals surface area (Å²) < 4.78 is 0. The predicted octanol–water partition coefficient (Wildman–Crippen LogP) is 1.75. The molecular formula is C20H22N6O2. The number of anilines is 1. The number of hydrogen-bond acceptors (Lipinski definition) is 6. The fourth-order valence-electron chi connectivity index (χ4n) is 3.73. The number of piperidine rings is 1. The van der Waals surface area contributed by atoms with Crippen molar-refractivity contribution in [3.05, 3.63) is 54.0 Å². The van der Waals surface area contributed by atoms with Crippen LogP contribution in [0, 0.1) is 5.92 Å². The topological polar surface area (TPSA) is 105 Å². The van der Waals surface area contributed by atoms with E-state index in [1.54, 1.807) is 11.2 Å². The summed E-state index contributed by atoms with van der Waals surface area (Å²) in [5.41, 5.74) is 6.45. The zero-order chi connectivity index (χ0) is 19.5. The van der Waals surface area contributed by atoms with Crippen molar-refractivity contribution in [2.75, 3.05) is 18.0 Å². The average Bonchev–Trinajstić information content (AvgIpc) is 3.24. The Kier molecular flexibility index (Phi) is 5.01. The van der Waals surface area contributed by atoms with Gasteiger partial charge in [0, 0.05) is 31.6 Å². The number of aromatic nitrogens is 2. The number of hydrogen-bond donors (Lipinski definition) is 1. The molecule has 2 aliphatic rings. The van der Waals surface area contributed by atoms with Crippen LogP contribution in [0.25, 0.3) is 0 Å². The minimum absolute atomic E-state index is 0.0149. The first kappa shape index (κ1) is 18.1. The molecule has 2 amide bonds. The Hall–Kier alpha value is -3.29. The zero-order valence-electron chi connectivity index (χ0n) is 15.4. The van der Waals surface area contributed by atoms with Crippen molar-refractivity contribution in [3.8, 4) is 0 Å². The van der Waals surface area contributed by atoms with Crippen LogP contribution in [-0.2, 0) is 4.79 Å². The third kappa shape index (κ3) is 3.58. The number of carbonyl (C=O) groups is 2. The van der Waals surface area contributed by atoms with E-state index in [1.807, 2.05) is 36.5 Å². The van der Waals surface area contributed by atoms with Gasteiger partial charge in [-0.1, -0.05) is 30.3 Å². The van der Waals surface area contributed by atoms with Gasteiger partial charge < -0.3 is 10.6 Å². The number of benzene rings is 1. The van der Waals surface area contributed by atoms with E-state index in [4.69, 9.17) is 5.73 Å². The fourth-order valence-corrected chi connectivity index (χ4v) is 3.73. The first-order valence-corrected chi connectivity index (χ1v) is 9.40. The number of carbonyl (C=O) groups excluding carboxylic acids is 2. The predicted molar refractivity (Wildman–Crippen MR) is 105 cm³/mol. The Morgan fingerprint density at radius 2 is 1.79 bits per heavy atom. The largest absolute Gasteiger partial charge is 0.364 e. The third-order valence-electron chi connectivity index (χ3n) is 5.30. The molecule has 28 heavy (non-hydrogen) atoms. The molecule has 2 aliphatic heterocycles. The molecule has 3 heterocycles. The molecule has 0 aliphatic carbocycles. The number of hydrazone groups is 1. The van der Waals surface area contributed by atoms with Crippen LogP contribution in [-0.4, -0.2) is 46.1 Å². The lowest BCUT2D eigenvalue weighted by atomic mass is 9.94. The van der Waals surface area contributed by atoms with E-state index in [1.165, 1.54) is 6.20 Å². The second-order valence-corrected chi connectivity index (χ2v) is 7.03. The molecule has 2 aromatic rings. The highest BCUT2D eigenvalue weighted by Crippen LogP contribution is 2.32. The minimum Gasteiger partial charge on any atom is -0.364 e. The maximum Gasteiger partial charge on any atom is 0.268 e. The van der Waals surface area contributed by atoms with Gasteiger partial charge in [0.2, 0.25) is 5.91 Å². The summed E-state index contributed by atoms with van der Waals surface area (Å²) in [5.74, 6) is 0.118. The Morgan fingerprint density at radius 3 is 2.43 bits per heavy atom. The molecule has 1 saturated heterocycles. The van der Waals surface area contributed by atoms with Crippen molar-refractivity contribution in [2.45, 2.75) is 25.3 Å². The molecular weight excluding hydrogens is 356 g/mol. The maximum atomic E-state index is 13.1. The van der Waals surface area contributed by atoms with Crippen LogP contribution in [0.5, 0.6) is 0 Å². The summed E-state index contributed by atoms with van der Waals surface area (Å²) >= 11 is 0. The molecule has 0 bridgehead atoms. The van der Waals surface area contributed by atoms with Gasteiger partial charge in [-0.05, 0) is 18.4 Å². The van der Waals surface area contributed by atoms with E-state index in [0.29, 0.717) is 18.9 Å². The van der Waals surface area contributed by atoms with E-state index in [2.05, 4.69) is 20.0 Å². The molecule has 0 radical (unpaired) electrons. The summed E-state index contributed by atoms with van der Waals surface area (Å²) in [6.45, 7) is 1.41. The van der Waals surface area contributed by atoms with Crippen molar-refractivity contribution in [2.24, 2.45) is 16.8 Å². The Morgan fingerprint density at radius 1 is 1.04 bits per heavy atom. The van der Waals surface area contributed by atoms with Crippen molar-refractivity contribution in [1.82, 2.24) is 15.0 Å². The van der Waals surface area contributed by atoms with Gasteiger partial charge >= 0.3 is 0 Å². The SMILES string of the molecule is NC(=O)c1cnc(N2CCC(C(=O)N3N=CC[C@H]3c3ccccc3)CC2)cn1. The number of amides is 2. The summed E-state index contributed by atoms with van der Waals surface area (Å²) in [6.07, 6.45) is 6.96. The van der Waals surface area contributed by atoms with Crippen LogP contribution in [0.4, 0.5) is 5.82 Å². The molecule has 8 heteroatoms. The van der Waals surface area contributed by atoms with E-state index in [9.17, 15) is 9.59 Å². The standard InChI is InChI=1S/C20H22N6O2/c21-19(27)16-12-23-18(13-22-16)25-10-7-15(8-11-25)20(28)26-17(6-9-24-26)14-4-2-1-3-5-14/h1-5,9,12-13,15,17H,6-8,10-11H2,(H2,21,27)/t17-/m0/s1. The van der Waals surface area contributed by atoms with Crippen LogP contribution >= 0.6 is 0 Å². The van der Waals surface area contributed by atoms with Crippen molar-refractivity contribution < 1.29 is 9.59 Å². The normalized spacial score (nSPS) is 19.8. The Labute approximate surface area is 163 Å². The first-order chi connectivity index (χ1) is 13.6. The molecule has 1 atom stereocenters. The van der Waals surface area contributed by atoms with Crippen LogP contribution in [0.2, 0.25) is 0 Å². The quantitative estimate of drug-likeness (QED) is 0.873. The maximum absolute atomic E-state index is 13.1. The van der Waals surface area contributed by atoms with Crippen LogP contribution in [0.3, 0.4) is 0 Å². The molecule has 0 unspecified atom stereocenters. The Balaban J connectivity index is 1.38. The summed E-state index contributed by atoms with van der Waals surface area (Å²) in [5, 5.41) is 6.00. The van der Waals surface area contributed by atoms with E-state index >= 15 is 0 Å². The van der Waals surface area contributed by atoms with Gasteiger partial charge in [-0.2, -0.15) is 5.10 Å². The highest BCUT2D eigenvalue weighted by Gasteiger charge is 2.34. The minimum atomic E-state index is -0.595. The summed E-state index contributed by atoms with van der Waals surface area (Å²) in [4.78, 5) is 34.6. The van der Waals surface area contributed by atoms with Gasteiger partial charge in [0.1, 0.15) is 11.5 Å². The van der Waals surface area contributed by atoms with Gasteiger partial charge in [0.15, 0.2) is 0 Å².